The minimum Gasteiger partial charge on any atom is -0.486 e. The summed E-state index contributed by atoms with van der Waals surface area (Å²) in [6.07, 6.45) is 2.98. The second-order valence-corrected chi connectivity index (χ2v) is 6.77. The Bertz CT molecular complexity index is 880. The topological polar surface area (TPSA) is 62.1 Å². The molecule has 0 aliphatic rings. The number of anilines is 1. The molecular weight excluding hydrogens is 439 g/mol. The van der Waals surface area contributed by atoms with Crippen molar-refractivity contribution in [2.45, 2.75) is 0 Å². The quantitative estimate of drug-likeness (QED) is 0.339. The zero-order chi connectivity index (χ0) is 19.1. The van der Waals surface area contributed by atoms with Crippen LogP contribution in [0.2, 0.25) is 10.0 Å². The molecule has 0 aromatic heterocycles. The lowest BCUT2D eigenvalue weighted by atomic mass is 10.1. The number of hydrogen-bond acceptors (Lipinski definition) is 3. The first-order valence-corrected chi connectivity index (χ1v) is 8.91. The Balaban J connectivity index is 2.24. The smallest absolute Gasteiger partial charge is 0.266 e. The van der Waals surface area contributed by atoms with Gasteiger partial charge in [-0.1, -0.05) is 51.8 Å². The van der Waals surface area contributed by atoms with Crippen molar-refractivity contribution in [2.75, 3.05) is 11.9 Å². The summed E-state index contributed by atoms with van der Waals surface area (Å²) >= 11 is 15.6. The van der Waals surface area contributed by atoms with Crippen molar-refractivity contribution in [1.82, 2.24) is 0 Å². The van der Waals surface area contributed by atoms with Gasteiger partial charge in [-0.05, 0) is 48.0 Å². The summed E-state index contributed by atoms with van der Waals surface area (Å²) in [5.74, 6) is -0.211. The first-order valence-electron chi connectivity index (χ1n) is 7.36. The number of nitriles is 1. The zero-order valence-corrected chi connectivity index (χ0v) is 16.5. The Labute approximate surface area is 169 Å². The first kappa shape index (κ1) is 20.1. The number of benzene rings is 2. The van der Waals surface area contributed by atoms with Gasteiger partial charge in [0.2, 0.25) is 0 Å². The van der Waals surface area contributed by atoms with Gasteiger partial charge in [-0.3, -0.25) is 4.79 Å². The fourth-order valence-corrected chi connectivity index (χ4v) is 2.87. The Morgan fingerprint density at radius 2 is 1.88 bits per heavy atom. The molecule has 0 fully saturated rings. The monoisotopic (exact) mass is 450 g/mol. The number of rotatable bonds is 6. The van der Waals surface area contributed by atoms with Gasteiger partial charge in [0, 0.05) is 10.2 Å². The van der Waals surface area contributed by atoms with Crippen molar-refractivity contribution in [3.8, 4) is 11.8 Å². The van der Waals surface area contributed by atoms with E-state index in [2.05, 4.69) is 27.8 Å². The molecule has 0 aliphatic heterocycles. The third kappa shape index (κ3) is 5.37. The Morgan fingerprint density at radius 1 is 1.27 bits per heavy atom. The molecule has 4 nitrogen and oxygen atoms in total. The van der Waals surface area contributed by atoms with Gasteiger partial charge in [0.05, 0.1) is 10.0 Å². The average Bonchev–Trinajstić information content (AvgIpc) is 2.61. The number of carbonyl (C=O) groups is 1. The summed E-state index contributed by atoms with van der Waals surface area (Å²) in [5, 5.41) is 12.5. The van der Waals surface area contributed by atoms with E-state index in [9.17, 15) is 10.1 Å². The average molecular weight is 452 g/mol. The molecule has 0 unspecified atom stereocenters. The SMILES string of the molecule is C=CCOc1c(Cl)cc(/C=C(/C#N)C(=O)Nc2ccc(Br)cc2)cc1Cl. The molecule has 7 heteroatoms. The zero-order valence-electron chi connectivity index (χ0n) is 13.4. The number of amides is 1. The molecule has 0 heterocycles. The molecule has 0 aliphatic carbocycles. The van der Waals surface area contributed by atoms with Gasteiger partial charge in [-0.2, -0.15) is 5.26 Å². The lowest BCUT2D eigenvalue weighted by Gasteiger charge is -2.09. The molecule has 0 bridgehead atoms. The normalized spacial score (nSPS) is 10.8. The summed E-state index contributed by atoms with van der Waals surface area (Å²) in [7, 11) is 0. The summed E-state index contributed by atoms with van der Waals surface area (Å²) in [4.78, 5) is 12.3. The number of nitrogens with zero attached hydrogens (tertiary/aromatic N) is 1. The molecular formula is C19H13BrCl2N2O2. The van der Waals surface area contributed by atoms with Gasteiger partial charge in [0.15, 0.2) is 5.75 Å². The van der Waals surface area contributed by atoms with E-state index in [-0.39, 0.29) is 22.2 Å². The highest BCUT2D eigenvalue weighted by atomic mass is 79.9. The number of hydrogen-bond donors (Lipinski definition) is 1. The van der Waals surface area contributed by atoms with E-state index in [1.807, 2.05) is 6.07 Å². The molecule has 1 N–H and O–H groups in total. The maximum absolute atomic E-state index is 12.3. The predicted molar refractivity (Wildman–Crippen MR) is 109 cm³/mol. The lowest BCUT2D eigenvalue weighted by molar-refractivity contribution is -0.112. The number of halogens is 3. The van der Waals surface area contributed by atoms with Crippen molar-refractivity contribution in [2.24, 2.45) is 0 Å². The van der Waals surface area contributed by atoms with Crippen LogP contribution in [0.1, 0.15) is 5.56 Å². The second-order valence-electron chi connectivity index (χ2n) is 5.04. The minimum atomic E-state index is -0.533. The Kier molecular flexibility index (Phi) is 7.28. The van der Waals surface area contributed by atoms with E-state index in [1.54, 1.807) is 42.5 Å². The van der Waals surface area contributed by atoms with Crippen LogP contribution in [0.4, 0.5) is 5.69 Å². The third-order valence-electron chi connectivity index (χ3n) is 3.14. The number of carbonyl (C=O) groups excluding carboxylic acids is 1. The van der Waals surface area contributed by atoms with E-state index in [4.69, 9.17) is 27.9 Å². The van der Waals surface area contributed by atoms with E-state index in [0.29, 0.717) is 17.0 Å². The van der Waals surface area contributed by atoms with Crippen LogP contribution in [0.5, 0.6) is 5.75 Å². The van der Waals surface area contributed by atoms with Gasteiger partial charge in [-0.15, -0.1) is 0 Å². The first-order chi connectivity index (χ1) is 12.4. The van der Waals surface area contributed by atoms with Crippen LogP contribution >= 0.6 is 39.1 Å². The molecule has 0 saturated carbocycles. The third-order valence-corrected chi connectivity index (χ3v) is 4.23. The Morgan fingerprint density at radius 3 is 2.42 bits per heavy atom. The van der Waals surface area contributed by atoms with Crippen LogP contribution in [0, 0.1) is 11.3 Å². The van der Waals surface area contributed by atoms with Crippen LogP contribution in [0.3, 0.4) is 0 Å². The van der Waals surface area contributed by atoms with Gasteiger partial charge in [0.1, 0.15) is 18.2 Å². The summed E-state index contributed by atoms with van der Waals surface area (Å²) in [6, 6.07) is 12.0. The summed E-state index contributed by atoms with van der Waals surface area (Å²) < 4.78 is 6.27. The van der Waals surface area contributed by atoms with Crippen molar-refractivity contribution in [1.29, 1.82) is 5.26 Å². The number of ether oxygens (including phenoxy) is 1. The largest absolute Gasteiger partial charge is 0.486 e. The molecule has 1 amide bonds. The molecule has 2 rings (SSSR count). The summed E-state index contributed by atoms with van der Waals surface area (Å²) in [6.45, 7) is 3.82. The molecule has 0 saturated heterocycles. The highest BCUT2D eigenvalue weighted by Gasteiger charge is 2.13. The van der Waals surface area contributed by atoms with E-state index in [0.717, 1.165) is 4.47 Å². The molecule has 26 heavy (non-hydrogen) atoms. The molecule has 0 atom stereocenters. The molecule has 0 radical (unpaired) electrons. The van der Waals surface area contributed by atoms with Crippen molar-refractivity contribution < 1.29 is 9.53 Å². The van der Waals surface area contributed by atoms with Gasteiger partial charge in [-0.25, -0.2) is 0 Å². The summed E-state index contributed by atoms with van der Waals surface area (Å²) in [5.41, 5.74) is 0.997. The second kappa shape index (κ2) is 9.44. The molecule has 132 valence electrons. The lowest BCUT2D eigenvalue weighted by Crippen LogP contribution is -2.13. The van der Waals surface area contributed by atoms with Crippen LogP contribution in [0.25, 0.3) is 6.08 Å². The van der Waals surface area contributed by atoms with Crippen LogP contribution < -0.4 is 10.1 Å². The molecule has 0 spiro atoms. The fraction of sp³-hybridized carbons (Fsp3) is 0.0526. The van der Waals surface area contributed by atoms with Crippen LogP contribution in [-0.4, -0.2) is 12.5 Å². The fourth-order valence-electron chi connectivity index (χ4n) is 1.99. The minimum absolute atomic E-state index is 0.0835. The molecule has 2 aromatic carbocycles. The van der Waals surface area contributed by atoms with E-state index in [1.165, 1.54) is 6.08 Å². The van der Waals surface area contributed by atoms with Crippen molar-refractivity contribution in [3.05, 3.63) is 74.7 Å². The highest BCUT2D eigenvalue weighted by molar-refractivity contribution is 9.10. The maximum Gasteiger partial charge on any atom is 0.266 e. The molecule has 2 aromatic rings. The van der Waals surface area contributed by atoms with Gasteiger partial charge in [0.25, 0.3) is 5.91 Å². The van der Waals surface area contributed by atoms with Crippen LogP contribution in [-0.2, 0) is 4.79 Å². The van der Waals surface area contributed by atoms with Gasteiger partial charge < -0.3 is 10.1 Å². The van der Waals surface area contributed by atoms with E-state index < -0.39 is 5.91 Å². The number of nitrogens with one attached hydrogen (secondary N) is 1. The van der Waals surface area contributed by atoms with Gasteiger partial charge >= 0.3 is 0 Å². The standard InChI is InChI=1S/C19H13BrCl2N2O2/c1-2-7-26-18-16(21)9-12(10-17(18)22)8-13(11-23)19(25)24-15-5-3-14(20)4-6-15/h2-6,8-10H,1,7H2,(H,24,25)/b13-8-. The highest BCUT2D eigenvalue weighted by Crippen LogP contribution is 2.35. The van der Waals surface area contributed by atoms with Crippen molar-refractivity contribution >= 4 is 56.8 Å². The van der Waals surface area contributed by atoms with Crippen LogP contribution in [0.15, 0.2) is 59.1 Å². The van der Waals surface area contributed by atoms with Crippen molar-refractivity contribution in [3.63, 3.8) is 0 Å². The maximum atomic E-state index is 12.3. The Hall–Kier alpha value is -2.26. The predicted octanol–water partition coefficient (Wildman–Crippen LogP) is 5.87. The van der Waals surface area contributed by atoms with E-state index >= 15 is 0 Å².